The van der Waals surface area contributed by atoms with E-state index in [2.05, 4.69) is 58.5 Å². The number of aromatic nitrogens is 2. The van der Waals surface area contributed by atoms with Crippen LogP contribution < -0.4 is 0 Å². The summed E-state index contributed by atoms with van der Waals surface area (Å²) >= 11 is 0. The van der Waals surface area contributed by atoms with Gasteiger partial charge in [0.25, 0.3) is 0 Å². The van der Waals surface area contributed by atoms with Crippen LogP contribution in [0.3, 0.4) is 0 Å². The standard InChI is InChI=1S/C17H12N2/c1-3-7-14-10(5-1)12-9-13-11-6-2-4-8-15(11)19-17(13)16(12)18-14/h1-8,18-19H,9H2. The maximum Gasteiger partial charge on any atom is 0.0669 e. The lowest BCUT2D eigenvalue weighted by Gasteiger charge is -1.95. The summed E-state index contributed by atoms with van der Waals surface area (Å²) in [6.45, 7) is 0. The Morgan fingerprint density at radius 3 is 1.63 bits per heavy atom. The van der Waals surface area contributed by atoms with E-state index in [4.69, 9.17) is 0 Å². The molecular formula is C17H12N2. The molecule has 4 aromatic rings. The summed E-state index contributed by atoms with van der Waals surface area (Å²) in [4.78, 5) is 7.12. The van der Waals surface area contributed by atoms with Crippen LogP contribution in [0, 0.1) is 0 Å². The number of benzene rings is 2. The lowest BCUT2D eigenvalue weighted by Crippen LogP contribution is -1.79. The zero-order valence-electron chi connectivity index (χ0n) is 10.3. The average Bonchev–Trinajstić information content (AvgIpc) is 3.07. The molecule has 1 aliphatic carbocycles. The summed E-state index contributed by atoms with van der Waals surface area (Å²) in [5.41, 5.74) is 7.87. The topological polar surface area (TPSA) is 31.6 Å². The second-order valence-corrected chi connectivity index (χ2v) is 5.23. The number of hydrogen-bond donors (Lipinski definition) is 2. The van der Waals surface area contributed by atoms with Gasteiger partial charge in [0.15, 0.2) is 0 Å². The van der Waals surface area contributed by atoms with Gasteiger partial charge < -0.3 is 9.97 Å². The van der Waals surface area contributed by atoms with Crippen LogP contribution in [0.4, 0.5) is 0 Å². The molecule has 2 aromatic carbocycles. The van der Waals surface area contributed by atoms with E-state index < -0.39 is 0 Å². The number of para-hydroxylation sites is 2. The van der Waals surface area contributed by atoms with Gasteiger partial charge in [0.2, 0.25) is 0 Å². The number of aromatic amines is 2. The van der Waals surface area contributed by atoms with Gasteiger partial charge in [-0.05, 0) is 23.3 Å². The molecule has 0 bridgehead atoms. The van der Waals surface area contributed by atoms with Gasteiger partial charge in [-0.25, -0.2) is 0 Å². The predicted molar refractivity (Wildman–Crippen MR) is 78.4 cm³/mol. The van der Waals surface area contributed by atoms with Gasteiger partial charge in [0.1, 0.15) is 0 Å². The molecule has 0 radical (unpaired) electrons. The Morgan fingerprint density at radius 2 is 1.11 bits per heavy atom. The number of hydrogen-bond acceptors (Lipinski definition) is 0. The summed E-state index contributed by atoms with van der Waals surface area (Å²) in [7, 11) is 0. The van der Waals surface area contributed by atoms with E-state index in [9.17, 15) is 0 Å². The summed E-state index contributed by atoms with van der Waals surface area (Å²) in [6.07, 6.45) is 1.03. The van der Waals surface area contributed by atoms with Gasteiger partial charge in [0, 0.05) is 28.2 Å². The van der Waals surface area contributed by atoms with Crippen molar-refractivity contribution in [3.8, 4) is 11.4 Å². The molecule has 0 amide bonds. The summed E-state index contributed by atoms with van der Waals surface area (Å²) in [5, 5.41) is 2.71. The first-order valence-corrected chi connectivity index (χ1v) is 6.61. The van der Waals surface area contributed by atoms with Crippen molar-refractivity contribution in [3.63, 3.8) is 0 Å². The van der Waals surface area contributed by atoms with Crippen LogP contribution in [0.15, 0.2) is 48.5 Å². The van der Waals surface area contributed by atoms with Crippen LogP contribution in [0.5, 0.6) is 0 Å². The second kappa shape index (κ2) is 3.09. The Morgan fingerprint density at radius 1 is 0.632 bits per heavy atom. The molecule has 1 aliphatic rings. The lowest BCUT2D eigenvalue weighted by atomic mass is 10.1. The van der Waals surface area contributed by atoms with Crippen LogP contribution in [-0.2, 0) is 6.42 Å². The molecule has 2 nitrogen and oxygen atoms in total. The molecule has 5 rings (SSSR count). The Labute approximate surface area is 110 Å². The Bertz CT molecular complexity index is 862. The van der Waals surface area contributed by atoms with Crippen molar-refractivity contribution in [1.82, 2.24) is 9.97 Å². The third kappa shape index (κ3) is 1.07. The van der Waals surface area contributed by atoms with Crippen molar-refractivity contribution >= 4 is 21.8 Å². The molecule has 0 atom stereocenters. The fourth-order valence-corrected chi connectivity index (χ4v) is 3.37. The van der Waals surface area contributed by atoms with Crippen molar-refractivity contribution in [2.75, 3.05) is 0 Å². The van der Waals surface area contributed by atoms with Crippen LogP contribution in [0.25, 0.3) is 33.2 Å². The van der Waals surface area contributed by atoms with Crippen molar-refractivity contribution in [2.24, 2.45) is 0 Å². The molecule has 0 unspecified atom stereocenters. The highest BCUT2D eigenvalue weighted by Crippen LogP contribution is 2.42. The molecule has 90 valence electrons. The minimum absolute atomic E-state index is 1.03. The van der Waals surface area contributed by atoms with Crippen LogP contribution in [0.2, 0.25) is 0 Å². The third-order valence-corrected chi connectivity index (χ3v) is 4.23. The van der Waals surface area contributed by atoms with E-state index in [-0.39, 0.29) is 0 Å². The Hall–Kier alpha value is -2.48. The van der Waals surface area contributed by atoms with Crippen LogP contribution in [0.1, 0.15) is 11.1 Å². The quantitative estimate of drug-likeness (QED) is 0.409. The molecular weight excluding hydrogens is 232 g/mol. The highest BCUT2D eigenvalue weighted by Gasteiger charge is 2.26. The van der Waals surface area contributed by atoms with Crippen LogP contribution in [-0.4, -0.2) is 9.97 Å². The van der Waals surface area contributed by atoms with Gasteiger partial charge in [-0.15, -0.1) is 0 Å². The number of fused-ring (bicyclic) bond motifs is 7. The molecule has 0 saturated carbocycles. The zero-order chi connectivity index (χ0) is 12.4. The summed E-state index contributed by atoms with van der Waals surface area (Å²) in [5.74, 6) is 0. The minimum atomic E-state index is 1.03. The minimum Gasteiger partial charge on any atom is -0.353 e. The van der Waals surface area contributed by atoms with E-state index in [0.717, 1.165) is 6.42 Å². The number of H-pyrrole nitrogens is 2. The number of nitrogens with one attached hydrogen (secondary N) is 2. The Balaban J connectivity index is 1.91. The summed E-state index contributed by atoms with van der Waals surface area (Å²) < 4.78 is 0. The highest BCUT2D eigenvalue weighted by atomic mass is 14.8. The van der Waals surface area contributed by atoms with Crippen molar-refractivity contribution in [1.29, 1.82) is 0 Å². The van der Waals surface area contributed by atoms with Gasteiger partial charge in [-0.3, -0.25) is 0 Å². The van der Waals surface area contributed by atoms with E-state index >= 15 is 0 Å². The fraction of sp³-hybridized carbons (Fsp3) is 0.0588. The summed E-state index contributed by atoms with van der Waals surface area (Å²) in [6, 6.07) is 17.1. The molecule has 0 aliphatic heterocycles. The molecule has 2 N–H and O–H groups in total. The largest absolute Gasteiger partial charge is 0.353 e. The van der Waals surface area contributed by atoms with E-state index in [0.29, 0.717) is 0 Å². The molecule has 2 heteroatoms. The average molecular weight is 244 g/mol. The van der Waals surface area contributed by atoms with Crippen molar-refractivity contribution < 1.29 is 0 Å². The first-order chi connectivity index (χ1) is 9.42. The van der Waals surface area contributed by atoms with Gasteiger partial charge in [0.05, 0.1) is 11.4 Å². The van der Waals surface area contributed by atoms with E-state index in [1.807, 2.05) is 0 Å². The maximum atomic E-state index is 3.56. The lowest BCUT2D eigenvalue weighted by molar-refractivity contribution is 1.32. The molecule has 0 fully saturated rings. The van der Waals surface area contributed by atoms with Gasteiger partial charge >= 0.3 is 0 Å². The van der Waals surface area contributed by atoms with Crippen molar-refractivity contribution in [3.05, 3.63) is 59.7 Å². The van der Waals surface area contributed by atoms with Gasteiger partial charge in [-0.1, -0.05) is 36.4 Å². The Kier molecular flexibility index (Phi) is 1.54. The third-order valence-electron chi connectivity index (χ3n) is 4.23. The zero-order valence-corrected chi connectivity index (χ0v) is 10.3. The van der Waals surface area contributed by atoms with E-state index in [1.165, 1.54) is 44.3 Å². The molecule has 19 heavy (non-hydrogen) atoms. The number of rotatable bonds is 0. The van der Waals surface area contributed by atoms with E-state index in [1.54, 1.807) is 0 Å². The van der Waals surface area contributed by atoms with Crippen LogP contribution >= 0.6 is 0 Å². The monoisotopic (exact) mass is 244 g/mol. The molecule has 0 saturated heterocycles. The molecule has 2 aromatic heterocycles. The van der Waals surface area contributed by atoms with Crippen molar-refractivity contribution in [2.45, 2.75) is 6.42 Å². The molecule has 2 heterocycles. The SMILES string of the molecule is c1ccc2c3c([nH]c2c1)-c1[nH]c2ccccc2c1C3. The first-order valence-electron chi connectivity index (χ1n) is 6.61. The normalized spacial score (nSPS) is 13.1. The predicted octanol–water partition coefficient (Wildman–Crippen LogP) is 4.22. The smallest absolute Gasteiger partial charge is 0.0669 e. The fourth-order valence-electron chi connectivity index (χ4n) is 3.37. The highest BCUT2D eigenvalue weighted by molar-refractivity contribution is 6.00. The molecule has 0 spiro atoms. The first kappa shape index (κ1) is 9.45. The van der Waals surface area contributed by atoms with Gasteiger partial charge in [-0.2, -0.15) is 0 Å². The second-order valence-electron chi connectivity index (χ2n) is 5.23. The maximum absolute atomic E-state index is 3.56.